The number of carbonyl (C=O) groups excluding carboxylic acids is 1. The minimum Gasteiger partial charge on any atom is -0.465 e. The molecule has 82 valence electrons. The highest BCUT2D eigenvalue weighted by Gasteiger charge is 2.12. The quantitative estimate of drug-likeness (QED) is 0.759. The number of rotatable bonds is 2. The van der Waals surface area contributed by atoms with Gasteiger partial charge in [-0.1, -0.05) is 23.7 Å². The first-order valence-corrected chi connectivity index (χ1v) is 5.90. The highest BCUT2D eigenvalue weighted by atomic mass is 35.5. The molecule has 0 aliphatic rings. The van der Waals surface area contributed by atoms with Crippen molar-refractivity contribution < 1.29 is 9.53 Å². The molecule has 0 bridgehead atoms. The molecule has 4 heteroatoms. The van der Waals surface area contributed by atoms with Gasteiger partial charge >= 0.3 is 5.97 Å². The van der Waals surface area contributed by atoms with E-state index in [1.807, 2.05) is 23.6 Å². The Balaban J connectivity index is 2.47. The Morgan fingerprint density at radius 2 is 2.19 bits per heavy atom. The Morgan fingerprint density at radius 3 is 2.81 bits per heavy atom. The summed E-state index contributed by atoms with van der Waals surface area (Å²) in [7, 11) is 1.34. The van der Waals surface area contributed by atoms with Crippen molar-refractivity contribution in [2.75, 3.05) is 7.11 Å². The van der Waals surface area contributed by atoms with Crippen LogP contribution in [0.1, 0.15) is 10.4 Å². The Bertz CT molecular complexity index is 506. The third kappa shape index (κ3) is 2.10. The average Bonchev–Trinajstić information content (AvgIpc) is 2.82. The number of methoxy groups -OCH3 is 1. The van der Waals surface area contributed by atoms with Crippen molar-refractivity contribution >= 4 is 28.9 Å². The maximum Gasteiger partial charge on any atom is 0.339 e. The van der Waals surface area contributed by atoms with E-state index in [0.717, 1.165) is 10.4 Å². The zero-order valence-electron chi connectivity index (χ0n) is 8.57. The maximum absolute atomic E-state index is 11.5. The Morgan fingerprint density at radius 1 is 1.38 bits per heavy atom. The van der Waals surface area contributed by atoms with Crippen LogP contribution in [-0.2, 0) is 4.74 Å². The standard InChI is InChI=1S/C12H9ClO2S/c1-15-12(14)9-7-8(4-5-10(9)13)11-3-2-6-16-11/h2-7H,1H3. The largest absolute Gasteiger partial charge is 0.465 e. The summed E-state index contributed by atoms with van der Waals surface area (Å²) in [6.07, 6.45) is 0. The number of ether oxygens (including phenoxy) is 1. The Hall–Kier alpha value is -1.32. The predicted molar refractivity (Wildman–Crippen MR) is 66.1 cm³/mol. The van der Waals surface area contributed by atoms with E-state index in [9.17, 15) is 4.79 Å². The molecule has 0 radical (unpaired) electrons. The molecule has 1 aromatic heterocycles. The number of benzene rings is 1. The molecule has 2 nitrogen and oxygen atoms in total. The zero-order valence-corrected chi connectivity index (χ0v) is 10.1. The molecule has 0 saturated carbocycles. The number of hydrogen-bond acceptors (Lipinski definition) is 3. The van der Waals surface area contributed by atoms with Crippen LogP contribution in [0.4, 0.5) is 0 Å². The van der Waals surface area contributed by atoms with Crippen LogP contribution >= 0.6 is 22.9 Å². The van der Waals surface area contributed by atoms with Crippen molar-refractivity contribution in [1.29, 1.82) is 0 Å². The molecule has 0 saturated heterocycles. The van der Waals surface area contributed by atoms with Gasteiger partial charge in [0.25, 0.3) is 0 Å². The van der Waals surface area contributed by atoms with E-state index in [1.54, 1.807) is 23.5 Å². The Labute approximate surface area is 102 Å². The smallest absolute Gasteiger partial charge is 0.339 e. The van der Waals surface area contributed by atoms with Gasteiger partial charge in [0.05, 0.1) is 17.7 Å². The summed E-state index contributed by atoms with van der Waals surface area (Å²) in [5, 5.41) is 2.40. The molecule has 0 fully saturated rings. The van der Waals surface area contributed by atoms with Crippen LogP contribution in [0.25, 0.3) is 10.4 Å². The molecule has 0 unspecified atom stereocenters. The van der Waals surface area contributed by atoms with Gasteiger partial charge in [0, 0.05) is 4.88 Å². The monoisotopic (exact) mass is 252 g/mol. The fraction of sp³-hybridized carbons (Fsp3) is 0.0833. The molecule has 16 heavy (non-hydrogen) atoms. The van der Waals surface area contributed by atoms with Gasteiger partial charge in [-0.3, -0.25) is 0 Å². The third-order valence-corrected chi connectivity index (χ3v) is 3.43. The predicted octanol–water partition coefficient (Wildman–Crippen LogP) is 3.86. The fourth-order valence-electron chi connectivity index (χ4n) is 1.39. The first-order valence-electron chi connectivity index (χ1n) is 4.64. The lowest BCUT2D eigenvalue weighted by Gasteiger charge is -2.04. The molecule has 0 aliphatic carbocycles. The summed E-state index contributed by atoms with van der Waals surface area (Å²) < 4.78 is 4.67. The number of thiophene rings is 1. The number of esters is 1. The van der Waals surface area contributed by atoms with Gasteiger partial charge in [0.15, 0.2) is 0 Å². The molecule has 0 spiro atoms. The van der Waals surface area contributed by atoms with Gasteiger partial charge < -0.3 is 4.74 Å². The third-order valence-electron chi connectivity index (χ3n) is 2.18. The summed E-state index contributed by atoms with van der Waals surface area (Å²) in [6, 6.07) is 9.31. The number of carbonyl (C=O) groups is 1. The normalized spacial score (nSPS) is 10.1. The molecular formula is C12H9ClO2S. The number of halogens is 1. The van der Waals surface area contributed by atoms with Crippen molar-refractivity contribution in [1.82, 2.24) is 0 Å². The minimum absolute atomic E-state index is 0.398. The summed E-state index contributed by atoms with van der Waals surface area (Å²) in [5.41, 5.74) is 1.37. The molecule has 0 amide bonds. The van der Waals surface area contributed by atoms with E-state index in [2.05, 4.69) is 4.74 Å². The minimum atomic E-state index is -0.414. The molecular weight excluding hydrogens is 244 g/mol. The van der Waals surface area contributed by atoms with Crippen LogP contribution in [-0.4, -0.2) is 13.1 Å². The lowest BCUT2D eigenvalue weighted by atomic mass is 10.1. The van der Waals surface area contributed by atoms with E-state index >= 15 is 0 Å². The second-order valence-electron chi connectivity index (χ2n) is 3.16. The first kappa shape index (κ1) is 11.2. The number of hydrogen-bond donors (Lipinski definition) is 0. The van der Waals surface area contributed by atoms with Gasteiger partial charge in [-0.25, -0.2) is 4.79 Å². The van der Waals surface area contributed by atoms with Crippen LogP contribution in [0.3, 0.4) is 0 Å². The van der Waals surface area contributed by atoms with Crippen molar-refractivity contribution in [3.63, 3.8) is 0 Å². The molecule has 0 N–H and O–H groups in total. The van der Waals surface area contributed by atoms with Crippen molar-refractivity contribution in [3.05, 3.63) is 46.3 Å². The van der Waals surface area contributed by atoms with E-state index in [0.29, 0.717) is 10.6 Å². The highest BCUT2D eigenvalue weighted by Crippen LogP contribution is 2.28. The zero-order chi connectivity index (χ0) is 11.5. The summed E-state index contributed by atoms with van der Waals surface area (Å²) in [6.45, 7) is 0. The summed E-state index contributed by atoms with van der Waals surface area (Å²) >= 11 is 7.55. The lowest BCUT2D eigenvalue weighted by molar-refractivity contribution is 0.0601. The second kappa shape index (κ2) is 4.68. The van der Waals surface area contributed by atoms with E-state index in [4.69, 9.17) is 11.6 Å². The molecule has 0 atom stereocenters. The lowest BCUT2D eigenvalue weighted by Crippen LogP contribution is -2.02. The molecule has 2 rings (SSSR count). The van der Waals surface area contributed by atoms with Crippen molar-refractivity contribution in [3.8, 4) is 10.4 Å². The van der Waals surface area contributed by atoms with Crippen LogP contribution in [0, 0.1) is 0 Å². The van der Waals surface area contributed by atoms with Crippen LogP contribution in [0.5, 0.6) is 0 Å². The maximum atomic E-state index is 11.5. The van der Waals surface area contributed by atoms with E-state index in [-0.39, 0.29) is 0 Å². The SMILES string of the molecule is COC(=O)c1cc(-c2cccs2)ccc1Cl. The fourth-order valence-corrected chi connectivity index (χ4v) is 2.31. The topological polar surface area (TPSA) is 26.3 Å². The van der Waals surface area contributed by atoms with Gasteiger partial charge in [0.1, 0.15) is 0 Å². The van der Waals surface area contributed by atoms with E-state index in [1.165, 1.54) is 7.11 Å². The van der Waals surface area contributed by atoms with Crippen LogP contribution in [0.2, 0.25) is 5.02 Å². The average molecular weight is 253 g/mol. The first-order chi connectivity index (χ1) is 7.72. The molecule has 2 aromatic rings. The Kier molecular flexibility index (Phi) is 3.27. The van der Waals surface area contributed by atoms with Gasteiger partial charge in [-0.15, -0.1) is 11.3 Å². The van der Waals surface area contributed by atoms with Crippen LogP contribution < -0.4 is 0 Å². The summed E-state index contributed by atoms with van der Waals surface area (Å²) in [5.74, 6) is -0.414. The van der Waals surface area contributed by atoms with E-state index < -0.39 is 5.97 Å². The highest BCUT2D eigenvalue weighted by molar-refractivity contribution is 7.13. The van der Waals surface area contributed by atoms with Crippen molar-refractivity contribution in [2.45, 2.75) is 0 Å². The van der Waals surface area contributed by atoms with Gasteiger partial charge in [0.2, 0.25) is 0 Å². The van der Waals surface area contributed by atoms with Gasteiger partial charge in [-0.05, 0) is 29.1 Å². The molecule has 1 aromatic carbocycles. The second-order valence-corrected chi connectivity index (χ2v) is 4.52. The molecule has 1 heterocycles. The van der Waals surface area contributed by atoms with Gasteiger partial charge in [-0.2, -0.15) is 0 Å². The molecule has 0 aliphatic heterocycles. The van der Waals surface area contributed by atoms with Crippen molar-refractivity contribution in [2.24, 2.45) is 0 Å². The van der Waals surface area contributed by atoms with Crippen LogP contribution in [0.15, 0.2) is 35.7 Å². The summed E-state index contributed by atoms with van der Waals surface area (Å²) in [4.78, 5) is 12.6.